The molecule has 0 saturated heterocycles. The minimum atomic E-state index is -4.52. The topological polar surface area (TPSA) is 12.0 Å². The van der Waals surface area contributed by atoms with Crippen LogP contribution in [0.15, 0.2) is 24.3 Å². The largest absolute Gasteiger partial charge is 0.416 e. The molecule has 0 amide bonds. The Bertz CT molecular complexity index is 409. The van der Waals surface area contributed by atoms with E-state index in [2.05, 4.69) is 5.32 Å². The maximum Gasteiger partial charge on any atom is 0.416 e. The first-order valence-corrected chi connectivity index (χ1v) is 5.57. The molecule has 7 heteroatoms. The summed E-state index contributed by atoms with van der Waals surface area (Å²) in [6.07, 6.45) is -9.92. The Kier molecular flexibility index (Phi) is 4.84. The predicted molar refractivity (Wildman–Crippen MR) is 58.5 cm³/mol. The van der Waals surface area contributed by atoms with Gasteiger partial charge in [-0.05, 0) is 18.6 Å². The number of halogens is 6. The molecule has 1 N–H and O–H groups in total. The molecule has 0 aliphatic carbocycles. The molecule has 0 heterocycles. The molecule has 0 spiro atoms. The van der Waals surface area contributed by atoms with Gasteiger partial charge in [0.2, 0.25) is 0 Å². The maximum atomic E-state index is 12.7. The van der Waals surface area contributed by atoms with Gasteiger partial charge in [0, 0.05) is 12.6 Å². The number of hydrogen-bond donors (Lipinski definition) is 1. The van der Waals surface area contributed by atoms with Crippen LogP contribution in [0.3, 0.4) is 0 Å². The Labute approximate surface area is 106 Å². The molecule has 0 aromatic heterocycles. The second-order valence-electron chi connectivity index (χ2n) is 4.13. The average Bonchev–Trinajstić information content (AvgIpc) is 2.26. The van der Waals surface area contributed by atoms with Crippen molar-refractivity contribution in [3.8, 4) is 0 Å². The fourth-order valence-electron chi connectivity index (χ4n) is 1.67. The molecule has 1 aromatic carbocycles. The van der Waals surface area contributed by atoms with E-state index in [9.17, 15) is 26.3 Å². The molecule has 0 saturated carbocycles. The van der Waals surface area contributed by atoms with Crippen molar-refractivity contribution < 1.29 is 26.3 Å². The van der Waals surface area contributed by atoms with Crippen LogP contribution in [0.2, 0.25) is 0 Å². The van der Waals surface area contributed by atoms with E-state index in [0.717, 1.165) is 6.07 Å². The Hall–Kier alpha value is -1.24. The van der Waals surface area contributed by atoms with Crippen LogP contribution in [0.25, 0.3) is 0 Å². The molecule has 1 aromatic rings. The van der Waals surface area contributed by atoms with Crippen molar-refractivity contribution in [3.05, 3.63) is 35.4 Å². The molecule has 1 unspecified atom stereocenters. The zero-order valence-electron chi connectivity index (χ0n) is 10.1. The van der Waals surface area contributed by atoms with Gasteiger partial charge in [0.05, 0.1) is 12.0 Å². The normalized spacial score (nSPS) is 14.5. The number of hydrogen-bond acceptors (Lipinski definition) is 1. The lowest BCUT2D eigenvalue weighted by Gasteiger charge is -2.19. The van der Waals surface area contributed by atoms with Crippen LogP contribution in [0.5, 0.6) is 0 Å². The second kappa shape index (κ2) is 5.81. The number of nitrogens with one attached hydrogen (secondary N) is 1. The lowest BCUT2D eigenvalue weighted by atomic mass is 10.0. The van der Waals surface area contributed by atoms with Gasteiger partial charge in [-0.1, -0.05) is 18.2 Å². The summed E-state index contributed by atoms with van der Waals surface area (Å²) in [5, 5.41) is 2.45. The van der Waals surface area contributed by atoms with Crippen LogP contribution >= 0.6 is 0 Å². The van der Waals surface area contributed by atoms with Crippen LogP contribution in [0, 0.1) is 0 Å². The highest BCUT2D eigenvalue weighted by atomic mass is 19.4. The summed E-state index contributed by atoms with van der Waals surface area (Å²) in [7, 11) is 0. The quantitative estimate of drug-likeness (QED) is 0.813. The summed E-state index contributed by atoms with van der Waals surface area (Å²) in [5.74, 6) is 0. The van der Waals surface area contributed by atoms with Crippen molar-refractivity contribution in [1.82, 2.24) is 5.32 Å². The van der Waals surface area contributed by atoms with E-state index in [-0.39, 0.29) is 5.56 Å². The van der Waals surface area contributed by atoms with Crippen molar-refractivity contribution >= 4 is 0 Å². The van der Waals surface area contributed by atoms with Crippen molar-refractivity contribution in [3.63, 3.8) is 0 Å². The first-order chi connectivity index (χ1) is 8.61. The van der Waals surface area contributed by atoms with E-state index in [1.54, 1.807) is 0 Å². The minimum Gasteiger partial charge on any atom is -0.310 e. The van der Waals surface area contributed by atoms with Gasteiger partial charge >= 0.3 is 12.4 Å². The fraction of sp³-hybridized carbons (Fsp3) is 0.500. The third kappa shape index (κ3) is 5.10. The van der Waals surface area contributed by atoms with E-state index in [0.29, 0.717) is 0 Å². The molecular formula is C12H13F6N. The zero-order valence-corrected chi connectivity index (χ0v) is 10.1. The number of alkyl halides is 6. The number of rotatable bonds is 4. The Balaban J connectivity index is 2.75. The van der Waals surface area contributed by atoms with Gasteiger partial charge in [0.15, 0.2) is 0 Å². The summed E-state index contributed by atoms with van der Waals surface area (Å²) in [5.41, 5.74) is -0.890. The van der Waals surface area contributed by atoms with Crippen LogP contribution in [0.1, 0.15) is 30.5 Å². The van der Waals surface area contributed by atoms with Crippen LogP contribution in [0.4, 0.5) is 26.3 Å². The third-order valence-electron chi connectivity index (χ3n) is 2.59. The second-order valence-corrected chi connectivity index (χ2v) is 4.13. The van der Waals surface area contributed by atoms with Gasteiger partial charge in [0.1, 0.15) is 0 Å². The molecule has 0 bridgehead atoms. The van der Waals surface area contributed by atoms with Crippen LogP contribution in [-0.2, 0) is 6.18 Å². The monoisotopic (exact) mass is 285 g/mol. The lowest BCUT2D eigenvalue weighted by molar-refractivity contribution is -0.139. The highest BCUT2D eigenvalue weighted by molar-refractivity contribution is 5.31. The van der Waals surface area contributed by atoms with Gasteiger partial charge in [-0.2, -0.15) is 26.3 Å². The molecule has 1 rings (SSSR count). The minimum absolute atomic E-state index is 0.0582. The Morgan fingerprint density at radius 1 is 1.05 bits per heavy atom. The molecule has 1 atom stereocenters. The first kappa shape index (κ1) is 15.8. The summed E-state index contributed by atoms with van der Waals surface area (Å²) in [6, 6.07) is 4.03. The van der Waals surface area contributed by atoms with Gasteiger partial charge in [-0.25, -0.2) is 0 Å². The van der Waals surface area contributed by atoms with Crippen molar-refractivity contribution in [2.24, 2.45) is 0 Å². The Morgan fingerprint density at radius 2 is 1.63 bits per heavy atom. The van der Waals surface area contributed by atoms with Crippen molar-refractivity contribution in [2.75, 3.05) is 6.54 Å². The summed E-state index contributed by atoms with van der Waals surface area (Å²) in [4.78, 5) is 0. The first-order valence-electron chi connectivity index (χ1n) is 5.57. The molecule has 1 nitrogen and oxygen atoms in total. The molecular weight excluding hydrogens is 272 g/mol. The standard InChI is InChI=1S/C12H13F6N/c1-8(19-7-6-11(13,14)15)9-4-2-3-5-10(9)12(16,17)18/h2-5,8,19H,6-7H2,1H3. The number of benzene rings is 1. The Morgan fingerprint density at radius 3 is 2.16 bits per heavy atom. The summed E-state index contributed by atoms with van der Waals surface area (Å²) in [6.45, 7) is 0.984. The highest BCUT2D eigenvalue weighted by Gasteiger charge is 2.34. The molecule has 0 radical (unpaired) electrons. The smallest absolute Gasteiger partial charge is 0.310 e. The van der Waals surface area contributed by atoms with Crippen LogP contribution < -0.4 is 5.32 Å². The van der Waals surface area contributed by atoms with E-state index < -0.39 is 36.9 Å². The van der Waals surface area contributed by atoms with Gasteiger partial charge in [-0.15, -0.1) is 0 Å². The molecule has 0 aliphatic heterocycles. The summed E-state index contributed by atoms with van der Waals surface area (Å²) < 4.78 is 74.0. The van der Waals surface area contributed by atoms with E-state index >= 15 is 0 Å². The van der Waals surface area contributed by atoms with E-state index in [4.69, 9.17) is 0 Å². The molecule has 0 fully saturated rings. The maximum absolute atomic E-state index is 12.7. The highest BCUT2D eigenvalue weighted by Crippen LogP contribution is 2.34. The average molecular weight is 285 g/mol. The van der Waals surface area contributed by atoms with Crippen molar-refractivity contribution in [2.45, 2.75) is 31.7 Å². The van der Waals surface area contributed by atoms with Crippen LogP contribution in [-0.4, -0.2) is 12.7 Å². The van der Waals surface area contributed by atoms with Gasteiger partial charge in [0.25, 0.3) is 0 Å². The lowest BCUT2D eigenvalue weighted by Crippen LogP contribution is -2.26. The SMILES string of the molecule is CC(NCCC(F)(F)F)c1ccccc1C(F)(F)F. The van der Waals surface area contributed by atoms with Gasteiger partial charge < -0.3 is 5.32 Å². The summed E-state index contributed by atoms with van der Waals surface area (Å²) >= 11 is 0. The molecule has 0 aliphatic rings. The van der Waals surface area contributed by atoms with Gasteiger partial charge in [-0.3, -0.25) is 0 Å². The van der Waals surface area contributed by atoms with E-state index in [1.165, 1.54) is 25.1 Å². The predicted octanol–water partition coefficient (Wildman–Crippen LogP) is 4.31. The fourth-order valence-corrected chi connectivity index (χ4v) is 1.67. The van der Waals surface area contributed by atoms with E-state index in [1.807, 2.05) is 0 Å². The molecule has 19 heavy (non-hydrogen) atoms. The van der Waals surface area contributed by atoms with Crippen molar-refractivity contribution in [1.29, 1.82) is 0 Å². The zero-order chi connectivity index (χ0) is 14.7. The molecule has 108 valence electrons. The third-order valence-corrected chi connectivity index (χ3v) is 2.59.